The van der Waals surface area contributed by atoms with Crippen LogP contribution in [0.15, 0.2) is 67.0 Å². The number of piperazine rings is 1. The molecule has 154 valence electrons. The molecule has 0 unspecified atom stereocenters. The third-order valence-electron chi connectivity index (χ3n) is 5.12. The minimum Gasteiger partial charge on any atom is -0.439 e. The second kappa shape index (κ2) is 9.13. The van der Waals surface area contributed by atoms with Crippen molar-refractivity contribution in [3.63, 3.8) is 0 Å². The Morgan fingerprint density at radius 1 is 1.10 bits per heavy atom. The number of hydrogen-bond acceptors (Lipinski definition) is 5. The first-order chi connectivity index (χ1) is 14.6. The summed E-state index contributed by atoms with van der Waals surface area (Å²) in [7, 11) is 0. The topological polar surface area (TPSA) is 58.6 Å². The molecule has 3 aromatic rings. The fourth-order valence-corrected chi connectivity index (χ4v) is 3.80. The van der Waals surface area contributed by atoms with Crippen LogP contribution < -0.4 is 9.64 Å². The number of benzene rings is 2. The monoisotopic (exact) mass is 422 g/mol. The van der Waals surface area contributed by atoms with Gasteiger partial charge < -0.3 is 14.5 Å². The van der Waals surface area contributed by atoms with Gasteiger partial charge in [-0.2, -0.15) is 0 Å². The van der Waals surface area contributed by atoms with Crippen molar-refractivity contribution < 1.29 is 9.53 Å². The number of ether oxygens (including phenoxy) is 1. The molecule has 1 aliphatic rings. The highest BCUT2D eigenvalue weighted by Crippen LogP contribution is 2.25. The molecule has 0 radical (unpaired) electrons. The average molecular weight is 423 g/mol. The number of hydrogen-bond donors (Lipinski definition) is 0. The van der Waals surface area contributed by atoms with Crippen molar-refractivity contribution in [3.8, 4) is 11.6 Å². The first-order valence-corrected chi connectivity index (χ1v) is 10.3. The predicted octanol–water partition coefficient (Wildman–Crippen LogP) is 4.20. The van der Waals surface area contributed by atoms with E-state index in [9.17, 15) is 4.79 Å². The van der Waals surface area contributed by atoms with Gasteiger partial charge in [0.2, 0.25) is 11.8 Å². The van der Waals surface area contributed by atoms with Crippen molar-refractivity contribution in [3.05, 3.63) is 77.6 Å². The molecule has 1 amide bonds. The Labute approximate surface area is 181 Å². The Bertz CT molecular complexity index is 1010. The standard InChI is InChI=1S/C23H23ClN4O2/c1-17-15-27(10-11-28(17)23(29)12-18-6-3-2-4-7-18)21-14-22(26-16-25-21)30-20-9-5-8-19(24)13-20/h2-9,13-14,16-17H,10-12,15H2,1H3/t17-/m1/s1. The summed E-state index contributed by atoms with van der Waals surface area (Å²) < 4.78 is 5.82. The summed E-state index contributed by atoms with van der Waals surface area (Å²) >= 11 is 6.02. The second-order valence-electron chi connectivity index (χ2n) is 7.32. The van der Waals surface area contributed by atoms with E-state index >= 15 is 0 Å². The Kier molecular flexibility index (Phi) is 6.14. The lowest BCUT2D eigenvalue weighted by atomic mass is 10.1. The van der Waals surface area contributed by atoms with Crippen molar-refractivity contribution in [1.29, 1.82) is 0 Å². The molecule has 4 rings (SSSR count). The highest BCUT2D eigenvalue weighted by atomic mass is 35.5. The smallest absolute Gasteiger partial charge is 0.227 e. The molecule has 1 aromatic heterocycles. The highest BCUT2D eigenvalue weighted by Gasteiger charge is 2.28. The number of carbonyl (C=O) groups is 1. The zero-order chi connectivity index (χ0) is 20.9. The number of rotatable bonds is 5. The maximum absolute atomic E-state index is 12.8. The number of amides is 1. The van der Waals surface area contributed by atoms with Gasteiger partial charge in [-0.25, -0.2) is 9.97 Å². The summed E-state index contributed by atoms with van der Waals surface area (Å²) in [5.74, 6) is 2.01. The van der Waals surface area contributed by atoms with Crippen molar-refractivity contribution in [2.75, 3.05) is 24.5 Å². The Hall–Kier alpha value is -3.12. The molecule has 7 heteroatoms. The molecule has 0 aliphatic carbocycles. The van der Waals surface area contributed by atoms with E-state index in [2.05, 4.69) is 21.8 Å². The van der Waals surface area contributed by atoms with Crippen LogP contribution in [0.4, 0.5) is 5.82 Å². The summed E-state index contributed by atoms with van der Waals surface area (Å²) in [6.45, 7) is 4.13. The summed E-state index contributed by atoms with van der Waals surface area (Å²) in [6.07, 6.45) is 1.92. The van der Waals surface area contributed by atoms with Crippen LogP contribution in [0.1, 0.15) is 12.5 Å². The number of carbonyl (C=O) groups excluding carboxylic acids is 1. The maximum Gasteiger partial charge on any atom is 0.227 e. The molecule has 0 saturated carbocycles. The van der Waals surface area contributed by atoms with Crippen molar-refractivity contribution >= 4 is 23.3 Å². The lowest BCUT2D eigenvalue weighted by molar-refractivity contribution is -0.132. The van der Waals surface area contributed by atoms with Gasteiger partial charge in [-0.1, -0.05) is 48.0 Å². The molecule has 1 saturated heterocycles. The fraction of sp³-hybridized carbons (Fsp3) is 0.261. The van der Waals surface area contributed by atoms with E-state index in [4.69, 9.17) is 16.3 Å². The number of anilines is 1. The Morgan fingerprint density at radius 2 is 1.93 bits per heavy atom. The number of halogens is 1. The van der Waals surface area contributed by atoms with Gasteiger partial charge in [0.25, 0.3) is 0 Å². The molecule has 0 bridgehead atoms. The van der Waals surface area contributed by atoms with E-state index < -0.39 is 0 Å². The van der Waals surface area contributed by atoms with E-state index in [0.29, 0.717) is 42.7 Å². The van der Waals surface area contributed by atoms with Crippen LogP contribution in [0.25, 0.3) is 0 Å². The summed E-state index contributed by atoms with van der Waals surface area (Å²) in [5, 5.41) is 0.604. The Morgan fingerprint density at radius 3 is 2.70 bits per heavy atom. The van der Waals surface area contributed by atoms with E-state index in [0.717, 1.165) is 11.4 Å². The first kappa shape index (κ1) is 20.2. The van der Waals surface area contributed by atoms with Crippen molar-refractivity contribution in [2.24, 2.45) is 0 Å². The molecule has 1 atom stereocenters. The first-order valence-electron chi connectivity index (χ1n) is 9.92. The van der Waals surface area contributed by atoms with E-state index in [1.807, 2.05) is 53.4 Å². The van der Waals surface area contributed by atoms with Crippen LogP contribution in [0.3, 0.4) is 0 Å². The molecule has 2 heterocycles. The number of aromatic nitrogens is 2. The van der Waals surface area contributed by atoms with Gasteiger partial charge in [0.1, 0.15) is 17.9 Å². The number of nitrogens with zero attached hydrogens (tertiary/aromatic N) is 4. The van der Waals surface area contributed by atoms with Crippen molar-refractivity contribution in [2.45, 2.75) is 19.4 Å². The molecular weight excluding hydrogens is 400 g/mol. The second-order valence-corrected chi connectivity index (χ2v) is 7.75. The lowest BCUT2D eigenvalue weighted by Gasteiger charge is -2.40. The minimum atomic E-state index is 0.0854. The zero-order valence-electron chi connectivity index (χ0n) is 16.7. The normalized spacial score (nSPS) is 16.4. The van der Waals surface area contributed by atoms with Gasteiger partial charge in [0.15, 0.2) is 0 Å². The third-order valence-corrected chi connectivity index (χ3v) is 5.35. The van der Waals surface area contributed by atoms with Crippen LogP contribution in [0.2, 0.25) is 5.02 Å². The largest absolute Gasteiger partial charge is 0.439 e. The van der Waals surface area contributed by atoms with Crippen molar-refractivity contribution in [1.82, 2.24) is 14.9 Å². The molecule has 0 N–H and O–H groups in total. The van der Waals surface area contributed by atoms with Crippen LogP contribution in [-0.2, 0) is 11.2 Å². The zero-order valence-corrected chi connectivity index (χ0v) is 17.5. The fourth-order valence-electron chi connectivity index (χ4n) is 3.62. The highest BCUT2D eigenvalue weighted by molar-refractivity contribution is 6.30. The van der Waals surface area contributed by atoms with E-state index in [1.54, 1.807) is 12.1 Å². The Balaban J connectivity index is 1.40. The van der Waals surface area contributed by atoms with Gasteiger partial charge in [0.05, 0.1) is 6.42 Å². The van der Waals surface area contributed by atoms with Crippen LogP contribution in [0.5, 0.6) is 11.6 Å². The molecule has 30 heavy (non-hydrogen) atoms. The van der Waals surface area contributed by atoms with Gasteiger partial charge in [-0.15, -0.1) is 0 Å². The molecular formula is C23H23ClN4O2. The third kappa shape index (κ3) is 4.89. The molecule has 6 nitrogen and oxygen atoms in total. The SMILES string of the molecule is C[C@@H]1CN(c2cc(Oc3cccc(Cl)c3)ncn2)CCN1C(=O)Cc1ccccc1. The quantitative estimate of drug-likeness (QED) is 0.616. The van der Waals surface area contributed by atoms with Gasteiger partial charge in [-0.05, 0) is 30.7 Å². The summed E-state index contributed by atoms with van der Waals surface area (Å²) in [5.41, 5.74) is 1.04. The molecule has 1 aliphatic heterocycles. The van der Waals surface area contributed by atoms with Gasteiger partial charge >= 0.3 is 0 Å². The maximum atomic E-state index is 12.8. The van der Waals surface area contributed by atoms with Gasteiger partial charge in [0, 0.05) is 36.8 Å². The van der Waals surface area contributed by atoms with E-state index in [1.165, 1.54) is 6.33 Å². The molecule has 1 fully saturated rings. The van der Waals surface area contributed by atoms with Crippen LogP contribution in [0, 0.1) is 0 Å². The summed E-state index contributed by atoms with van der Waals surface area (Å²) in [4.78, 5) is 25.5. The lowest BCUT2D eigenvalue weighted by Crippen LogP contribution is -2.54. The van der Waals surface area contributed by atoms with Crippen LogP contribution in [-0.4, -0.2) is 46.5 Å². The van der Waals surface area contributed by atoms with E-state index in [-0.39, 0.29) is 11.9 Å². The summed E-state index contributed by atoms with van der Waals surface area (Å²) in [6, 6.07) is 18.9. The average Bonchev–Trinajstić information content (AvgIpc) is 2.74. The van der Waals surface area contributed by atoms with Gasteiger partial charge in [-0.3, -0.25) is 4.79 Å². The predicted molar refractivity (Wildman–Crippen MR) is 117 cm³/mol. The minimum absolute atomic E-state index is 0.0854. The molecule has 2 aromatic carbocycles. The molecule has 0 spiro atoms. The van der Waals surface area contributed by atoms with Crippen LogP contribution >= 0.6 is 11.6 Å².